The maximum absolute atomic E-state index is 10.2. The van der Waals surface area contributed by atoms with Crippen molar-refractivity contribution in [3.63, 3.8) is 0 Å². The number of carbonyl (C=O) groups excluding carboxylic acids is 1. The lowest BCUT2D eigenvalue weighted by Crippen LogP contribution is -2.08. The summed E-state index contributed by atoms with van der Waals surface area (Å²) in [4.78, 5) is 20.0. The van der Waals surface area contributed by atoms with Crippen LogP contribution in [0.15, 0.2) is 24.5 Å². The van der Waals surface area contributed by atoms with Gasteiger partial charge in [-0.1, -0.05) is 12.2 Å². The normalized spacial score (nSPS) is 10.8. The molecule has 0 aliphatic rings. The largest absolute Gasteiger partial charge is 0.878 e. The highest BCUT2D eigenvalue weighted by Crippen LogP contribution is 1.77. The van der Waals surface area contributed by atoms with Crippen molar-refractivity contribution in [2.75, 3.05) is 0 Å². The van der Waals surface area contributed by atoms with Crippen LogP contribution in [0.25, 0.3) is 0 Å². The molecule has 0 saturated carbocycles. The third-order valence-electron chi connectivity index (χ3n) is 0.648. The molecule has 0 aliphatic heterocycles. The van der Waals surface area contributed by atoms with Crippen molar-refractivity contribution in [2.24, 2.45) is 0 Å². The molecule has 0 aromatic rings. The van der Waals surface area contributed by atoms with E-state index in [0.717, 1.165) is 18.2 Å². The summed E-state index contributed by atoms with van der Waals surface area (Å²) in [5.74, 6) is -2.58. The SMILES string of the molecule is O=C(O)C(=O)/C=C/C=C\[O-]. The first-order chi connectivity index (χ1) is 4.68. The minimum absolute atomic E-state index is 0.450. The van der Waals surface area contributed by atoms with E-state index in [2.05, 4.69) is 0 Å². The predicted octanol–water partition coefficient (Wildman–Crippen LogP) is -0.930. The fraction of sp³-hybridized carbons (Fsp3) is 0. The van der Waals surface area contributed by atoms with E-state index in [1.54, 1.807) is 0 Å². The third kappa shape index (κ3) is 3.43. The molecular formula is C6H5O4-. The van der Waals surface area contributed by atoms with Crippen LogP contribution in [0.4, 0.5) is 0 Å². The number of aliphatic carboxylic acids is 1. The van der Waals surface area contributed by atoms with Crippen molar-refractivity contribution >= 4 is 11.8 Å². The van der Waals surface area contributed by atoms with Crippen LogP contribution < -0.4 is 5.11 Å². The predicted molar refractivity (Wildman–Crippen MR) is 30.9 cm³/mol. The molecule has 0 rings (SSSR count). The maximum atomic E-state index is 10.2. The van der Waals surface area contributed by atoms with Gasteiger partial charge in [0, 0.05) is 0 Å². The average Bonchev–Trinajstić information content (AvgIpc) is 1.88. The minimum Gasteiger partial charge on any atom is -0.878 e. The minimum atomic E-state index is -1.53. The summed E-state index contributed by atoms with van der Waals surface area (Å²) in [7, 11) is 0. The molecular weight excluding hydrogens is 136 g/mol. The number of carboxylic acid groups (broad SMARTS) is 1. The van der Waals surface area contributed by atoms with Crippen LogP contribution in [0.1, 0.15) is 0 Å². The van der Waals surface area contributed by atoms with Crippen LogP contribution >= 0.6 is 0 Å². The Balaban J connectivity index is 3.90. The van der Waals surface area contributed by atoms with E-state index in [9.17, 15) is 14.7 Å². The van der Waals surface area contributed by atoms with E-state index in [4.69, 9.17) is 5.11 Å². The highest BCUT2D eigenvalue weighted by atomic mass is 16.4. The van der Waals surface area contributed by atoms with Gasteiger partial charge in [-0.25, -0.2) is 4.79 Å². The van der Waals surface area contributed by atoms with Crippen molar-refractivity contribution < 1.29 is 19.8 Å². The van der Waals surface area contributed by atoms with E-state index in [0.29, 0.717) is 6.26 Å². The van der Waals surface area contributed by atoms with Gasteiger partial charge in [-0.2, -0.15) is 0 Å². The molecule has 0 unspecified atom stereocenters. The van der Waals surface area contributed by atoms with E-state index < -0.39 is 11.8 Å². The fourth-order valence-electron chi connectivity index (χ4n) is 0.260. The van der Waals surface area contributed by atoms with Crippen LogP contribution in [0.5, 0.6) is 0 Å². The molecule has 0 amide bonds. The van der Waals surface area contributed by atoms with Gasteiger partial charge >= 0.3 is 5.97 Å². The van der Waals surface area contributed by atoms with Crippen molar-refractivity contribution in [1.29, 1.82) is 0 Å². The van der Waals surface area contributed by atoms with Gasteiger partial charge in [0.15, 0.2) is 0 Å². The Morgan fingerprint density at radius 2 is 1.90 bits per heavy atom. The molecule has 0 heterocycles. The topological polar surface area (TPSA) is 77.4 Å². The molecule has 4 heteroatoms. The molecule has 0 radical (unpaired) electrons. The Hall–Kier alpha value is -1.58. The fourth-order valence-corrected chi connectivity index (χ4v) is 0.260. The Morgan fingerprint density at radius 1 is 1.30 bits per heavy atom. The zero-order chi connectivity index (χ0) is 7.98. The monoisotopic (exact) mass is 141 g/mol. The Kier molecular flexibility index (Phi) is 3.63. The molecule has 0 fully saturated rings. The number of hydrogen-bond donors (Lipinski definition) is 1. The molecule has 0 atom stereocenters. The number of allylic oxidation sites excluding steroid dienone is 2. The van der Waals surface area contributed by atoms with Crippen molar-refractivity contribution in [2.45, 2.75) is 0 Å². The second-order valence-electron chi connectivity index (χ2n) is 1.36. The second-order valence-corrected chi connectivity index (χ2v) is 1.36. The molecule has 0 aliphatic carbocycles. The number of rotatable bonds is 3. The summed E-state index contributed by atoms with van der Waals surface area (Å²) in [6.45, 7) is 0. The quantitative estimate of drug-likeness (QED) is 0.238. The van der Waals surface area contributed by atoms with Gasteiger partial charge in [0.2, 0.25) is 0 Å². The van der Waals surface area contributed by atoms with Crippen molar-refractivity contribution in [3.8, 4) is 0 Å². The Morgan fingerprint density at radius 3 is 2.30 bits per heavy atom. The summed E-state index contributed by atoms with van der Waals surface area (Å²) in [6, 6.07) is 0. The summed E-state index contributed by atoms with van der Waals surface area (Å²) in [6.07, 6.45) is 3.35. The maximum Gasteiger partial charge on any atom is 0.376 e. The first kappa shape index (κ1) is 8.42. The number of ketones is 1. The van der Waals surface area contributed by atoms with Crippen molar-refractivity contribution in [1.82, 2.24) is 0 Å². The lowest BCUT2D eigenvalue weighted by molar-refractivity contribution is -0.274. The Labute approximate surface area is 57.1 Å². The summed E-state index contributed by atoms with van der Waals surface area (Å²) < 4.78 is 0. The second kappa shape index (κ2) is 4.31. The van der Waals surface area contributed by atoms with Crippen molar-refractivity contribution in [3.05, 3.63) is 24.5 Å². The molecule has 10 heavy (non-hydrogen) atoms. The standard InChI is InChI=1S/C6H6O4/c7-4-2-1-3-5(8)6(9)10/h1-4,7H,(H,9,10)/p-1/b3-1+,4-2-. The van der Waals surface area contributed by atoms with Gasteiger partial charge in [0.25, 0.3) is 5.78 Å². The van der Waals surface area contributed by atoms with Gasteiger partial charge in [0.1, 0.15) is 0 Å². The molecule has 0 aromatic carbocycles. The summed E-state index contributed by atoms with van der Waals surface area (Å²) >= 11 is 0. The van der Waals surface area contributed by atoms with Crippen LogP contribution in [0.3, 0.4) is 0 Å². The first-order valence-electron chi connectivity index (χ1n) is 2.41. The highest BCUT2D eigenvalue weighted by molar-refractivity contribution is 6.37. The molecule has 54 valence electrons. The van der Waals surface area contributed by atoms with E-state index in [1.165, 1.54) is 0 Å². The first-order valence-corrected chi connectivity index (χ1v) is 2.41. The summed E-state index contributed by atoms with van der Waals surface area (Å²) in [5, 5.41) is 17.6. The number of carbonyl (C=O) groups is 2. The lowest BCUT2D eigenvalue weighted by atomic mass is 10.3. The Bertz CT molecular complexity index is 190. The van der Waals surface area contributed by atoms with E-state index in [1.807, 2.05) is 0 Å². The molecule has 1 N–H and O–H groups in total. The van der Waals surface area contributed by atoms with Gasteiger partial charge in [-0.15, -0.1) is 6.26 Å². The van der Waals surface area contributed by atoms with Gasteiger partial charge in [0.05, 0.1) is 0 Å². The average molecular weight is 141 g/mol. The van der Waals surface area contributed by atoms with Crippen LogP contribution in [0.2, 0.25) is 0 Å². The molecule has 0 aromatic heterocycles. The van der Waals surface area contributed by atoms with Gasteiger partial charge < -0.3 is 10.2 Å². The van der Waals surface area contributed by atoms with E-state index >= 15 is 0 Å². The number of carboxylic acids is 1. The van der Waals surface area contributed by atoms with Gasteiger partial charge in [-0.3, -0.25) is 4.79 Å². The molecule has 4 nitrogen and oxygen atoms in total. The van der Waals surface area contributed by atoms with Crippen LogP contribution in [-0.4, -0.2) is 16.9 Å². The van der Waals surface area contributed by atoms with Crippen LogP contribution in [0, 0.1) is 0 Å². The third-order valence-corrected chi connectivity index (χ3v) is 0.648. The molecule has 0 saturated heterocycles. The number of hydrogen-bond acceptors (Lipinski definition) is 3. The zero-order valence-corrected chi connectivity index (χ0v) is 4.98. The van der Waals surface area contributed by atoms with E-state index in [-0.39, 0.29) is 0 Å². The summed E-state index contributed by atoms with van der Waals surface area (Å²) in [5.41, 5.74) is 0. The smallest absolute Gasteiger partial charge is 0.376 e. The highest BCUT2D eigenvalue weighted by Gasteiger charge is 2.03. The zero-order valence-electron chi connectivity index (χ0n) is 4.98. The molecule has 0 spiro atoms. The van der Waals surface area contributed by atoms with Gasteiger partial charge in [-0.05, 0) is 6.08 Å². The lowest BCUT2D eigenvalue weighted by Gasteiger charge is -1.83. The molecule has 0 bridgehead atoms. The van der Waals surface area contributed by atoms with Crippen LogP contribution in [-0.2, 0) is 9.59 Å².